The predicted molar refractivity (Wildman–Crippen MR) is 70.5 cm³/mol. The van der Waals surface area contributed by atoms with Crippen LogP contribution in [0, 0.1) is 0 Å². The van der Waals surface area contributed by atoms with Gasteiger partial charge in [-0.1, -0.05) is 0 Å². The van der Waals surface area contributed by atoms with Crippen LogP contribution in [0.4, 0.5) is 5.69 Å². The molecule has 0 bridgehead atoms. The van der Waals surface area contributed by atoms with Crippen molar-refractivity contribution in [2.45, 2.75) is 0 Å². The Hall–Kier alpha value is -2.14. The molecule has 0 unspecified atom stereocenters. The van der Waals surface area contributed by atoms with Crippen molar-refractivity contribution in [3.8, 4) is 0 Å². The molecule has 0 saturated carbocycles. The van der Waals surface area contributed by atoms with Gasteiger partial charge >= 0.3 is 5.97 Å². The largest absolute Gasteiger partial charge is 0.478 e. The molecule has 2 aromatic rings. The van der Waals surface area contributed by atoms with Gasteiger partial charge in [-0.15, -0.1) is 0 Å². The van der Waals surface area contributed by atoms with Gasteiger partial charge in [-0.3, -0.25) is 4.79 Å². The summed E-state index contributed by atoms with van der Waals surface area (Å²) >= 11 is 1.46. The number of carbonyl (C=O) groups excluding carboxylic acids is 1. The maximum Gasteiger partial charge on any atom is 0.335 e. The molecule has 92 valence electrons. The lowest BCUT2D eigenvalue weighted by molar-refractivity contribution is 0.0696. The van der Waals surface area contributed by atoms with Crippen molar-refractivity contribution in [3.05, 3.63) is 52.2 Å². The summed E-state index contributed by atoms with van der Waals surface area (Å²) < 4.78 is 0. The Balaban J connectivity index is 2.21. The number of benzene rings is 1. The minimum Gasteiger partial charge on any atom is -0.478 e. The highest BCUT2D eigenvalue weighted by Crippen LogP contribution is 2.17. The number of carbonyl (C=O) groups is 2. The minimum absolute atomic E-state index is 0.112. The Kier molecular flexibility index (Phi) is 3.43. The molecule has 0 atom stereocenters. The molecule has 2 rings (SSSR count). The van der Waals surface area contributed by atoms with Crippen LogP contribution >= 0.6 is 11.3 Å². The molecule has 5 heteroatoms. The molecule has 0 aliphatic heterocycles. The first kappa shape index (κ1) is 12.3. The maximum absolute atomic E-state index is 12.0. The van der Waals surface area contributed by atoms with E-state index in [1.807, 2.05) is 5.38 Å². The van der Waals surface area contributed by atoms with Crippen LogP contribution in [0.5, 0.6) is 0 Å². The summed E-state index contributed by atoms with van der Waals surface area (Å²) in [5, 5.41) is 12.4. The molecule has 0 saturated heterocycles. The number of hydrogen-bond acceptors (Lipinski definition) is 3. The number of nitrogens with zero attached hydrogens (tertiary/aromatic N) is 1. The zero-order valence-corrected chi connectivity index (χ0v) is 10.5. The average Bonchev–Trinajstić information content (AvgIpc) is 2.91. The van der Waals surface area contributed by atoms with Gasteiger partial charge in [0, 0.05) is 18.1 Å². The molecule has 18 heavy (non-hydrogen) atoms. The first-order valence-corrected chi connectivity index (χ1v) is 6.17. The van der Waals surface area contributed by atoms with Crippen molar-refractivity contribution in [1.29, 1.82) is 0 Å². The Morgan fingerprint density at radius 3 is 2.28 bits per heavy atom. The van der Waals surface area contributed by atoms with E-state index in [4.69, 9.17) is 5.11 Å². The van der Waals surface area contributed by atoms with Gasteiger partial charge in [0.25, 0.3) is 5.91 Å². The summed E-state index contributed by atoms with van der Waals surface area (Å²) in [4.78, 5) is 24.3. The summed E-state index contributed by atoms with van der Waals surface area (Å²) in [5.74, 6) is -1.09. The second-order valence-electron chi connectivity index (χ2n) is 3.73. The number of hydrogen-bond donors (Lipinski definition) is 1. The summed E-state index contributed by atoms with van der Waals surface area (Å²) in [6.45, 7) is 0. The van der Waals surface area contributed by atoms with E-state index in [-0.39, 0.29) is 11.5 Å². The zero-order chi connectivity index (χ0) is 13.1. The fourth-order valence-electron chi connectivity index (χ4n) is 1.52. The third kappa shape index (κ3) is 2.41. The van der Waals surface area contributed by atoms with Gasteiger partial charge in [0.15, 0.2) is 0 Å². The van der Waals surface area contributed by atoms with Crippen LogP contribution in [0.2, 0.25) is 0 Å². The summed E-state index contributed by atoms with van der Waals surface area (Å²) in [7, 11) is 1.66. The van der Waals surface area contributed by atoms with Crippen LogP contribution in [-0.4, -0.2) is 24.0 Å². The third-order valence-electron chi connectivity index (χ3n) is 2.57. The fourth-order valence-corrected chi connectivity index (χ4v) is 2.15. The molecule has 0 radical (unpaired) electrons. The van der Waals surface area contributed by atoms with Gasteiger partial charge in [0.05, 0.1) is 11.1 Å². The Labute approximate surface area is 108 Å². The van der Waals surface area contributed by atoms with Gasteiger partial charge in [-0.25, -0.2) is 4.79 Å². The van der Waals surface area contributed by atoms with E-state index >= 15 is 0 Å². The van der Waals surface area contributed by atoms with Crippen molar-refractivity contribution >= 4 is 28.9 Å². The second kappa shape index (κ2) is 5.01. The van der Waals surface area contributed by atoms with Gasteiger partial charge < -0.3 is 10.0 Å². The normalized spacial score (nSPS) is 10.1. The number of thiophene rings is 1. The lowest BCUT2D eigenvalue weighted by Gasteiger charge is -2.16. The summed E-state index contributed by atoms with van der Waals surface area (Å²) in [5.41, 5.74) is 1.50. The predicted octanol–water partition coefficient (Wildman–Crippen LogP) is 2.72. The van der Waals surface area contributed by atoms with Crippen LogP contribution in [-0.2, 0) is 0 Å². The monoisotopic (exact) mass is 261 g/mol. The topological polar surface area (TPSA) is 57.6 Å². The third-order valence-corrected chi connectivity index (χ3v) is 3.26. The molecular formula is C13H11NO3S. The fraction of sp³-hybridized carbons (Fsp3) is 0.0769. The molecule has 0 aliphatic rings. The SMILES string of the molecule is CN(C(=O)c1ccsc1)c1ccc(C(=O)O)cc1. The standard InChI is InChI=1S/C13H11NO3S/c1-14(12(15)10-6-7-18-8-10)11-4-2-9(3-5-11)13(16)17/h2-8H,1H3,(H,16,17). The zero-order valence-electron chi connectivity index (χ0n) is 9.66. The Bertz CT molecular complexity index is 560. The molecular weight excluding hydrogens is 250 g/mol. The van der Waals surface area contributed by atoms with Crippen LogP contribution in [0.15, 0.2) is 41.1 Å². The number of anilines is 1. The lowest BCUT2D eigenvalue weighted by Crippen LogP contribution is -2.25. The molecule has 0 fully saturated rings. The highest BCUT2D eigenvalue weighted by Gasteiger charge is 2.14. The quantitative estimate of drug-likeness (QED) is 0.924. The number of rotatable bonds is 3. The van der Waals surface area contributed by atoms with Crippen molar-refractivity contribution < 1.29 is 14.7 Å². The highest BCUT2D eigenvalue weighted by molar-refractivity contribution is 7.08. The van der Waals surface area contributed by atoms with Crippen LogP contribution in [0.25, 0.3) is 0 Å². The van der Waals surface area contributed by atoms with E-state index < -0.39 is 5.97 Å². The molecule has 1 aromatic heterocycles. The first-order valence-electron chi connectivity index (χ1n) is 5.23. The van der Waals surface area contributed by atoms with E-state index in [0.717, 1.165) is 0 Å². The van der Waals surface area contributed by atoms with E-state index in [1.165, 1.54) is 28.4 Å². The Morgan fingerprint density at radius 1 is 1.11 bits per heavy atom. The number of aromatic carboxylic acids is 1. The Morgan fingerprint density at radius 2 is 1.78 bits per heavy atom. The molecule has 1 N–H and O–H groups in total. The maximum atomic E-state index is 12.0. The average molecular weight is 261 g/mol. The van der Waals surface area contributed by atoms with E-state index in [1.54, 1.807) is 30.6 Å². The van der Waals surface area contributed by atoms with E-state index in [2.05, 4.69) is 0 Å². The van der Waals surface area contributed by atoms with Crippen LogP contribution in [0.1, 0.15) is 20.7 Å². The minimum atomic E-state index is -0.978. The van der Waals surface area contributed by atoms with Gasteiger partial charge in [0.1, 0.15) is 0 Å². The van der Waals surface area contributed by atoms with Crippen molar-refractivity contribution in [1.82, 2.24) is 0 Å². The lowest BCUT2D eigenvalue weighted by atomic mass is 10.2. The van der Waals surface area contributed by atoms with Gasteiger partial charge in [0.2, 0.25) is 0 Å². The van der Waals surface area contributed by atoms with Gasteiger partial charge in [-0.05, 0) is 35.7 Å². The van der Waals surface area contributed by atoms with E-state index in [9.17, 15) is 9.59 Å². The first-order chi connectivity index (χ1) is 8.59. The molecule has 1 amide bonds. The van der Waals surface area contributed by atoms with Crippen LogP contribution in [0.3, 0.4) is 0 Å². The molecule has 4 nitrogen and oxygen atoms in total. The molecule has 0 spiro atoms. The number of amides is 1. The number of carboxylic acid groups (broad SMARTS) is 1. The summed E-state index contributed by atoms with van der Waals surface area (Å²) in [6, 6.07) is 7.96. The van der Waals surface area contributed by atoms with Crippen molar-refractivity contribution in [2.24, 2.45) is 0 Å². The van der Waals surface area contributed by atoms with Crippen molar-refractivity contribution in [3.63, 3.8) is 0 Å². The van der Waals surface area contributed by atoms with Gasteiger partial charge in [-0.2, -0.15) is 11.3 Å². The molecule has 1 heterocycles. The summed E-state index contributed by atoms with van der Waals surface area (Å²) in [6.07, 6.45) is 0. The smallest absolute Gasteiger partial charge is 0.335 e. The molecule has 0 aliphatic carbocycles. The molecule has 1 aromatic carbocycles. The van der Waals surface area contributed by atoms with E-state index in [0.29, 0.717) is 11.3 Å². The highest BCUT2D eigenvalue weighted by atomic mass is 32.1. The number of carboxylic acids is 1. The van der Waals surface area contributed by atoms with Crippen LogP contribution < -0.4 is 4.90 Å². The second-order valence-corrected chi connectivity index (χ2v) is 4.51. The van der Waals surface area contributed by atoms with Crippen molar-refractivity contribution in [2.75, 3.05) is 11.9 Å².